The van der Waals surface area contributed by atoms with Gasteiger partial charge in [-0.3, -0.25) is 5.32 Å². The number of aromatic amines is 1. The van der Waals surface area contributed by atoms with E-state index in [1.54, 1.807) is 0 Å². The fourth-order valence-corrected chi connectivity index (χ4v) is 3.50. The fraction of sp³-hybridized carbons (Fsp3) is 0.300. The Balaban J connectivity index is 1.32. The molecule has 0 spiro atoms. The Hall–Kier alpha value is -2.10. The molecule has 0 fully saturated rings. The summed E-state index contributed by atoms with van der Waals surface area (Å²) >= 11 is 0. The quantitative estimate of drug-likeness (QED) is 0.544. The lowest BCUT2D eigenvalue weighted by atomic mass is 9.88. The van der Waals surface area contributed by atoms with Crippen LogP contribution in [0.5, 0.6) is 0 Å². The SMILES string of the molecule is c1ccc2c(c1)CCCC2NCOCc1cc2ccccc2[nH]1. The minimum Gasteiger partial charge on any atom is -0.360 e. The monoisotopic (exact) mass is 306 g/mol. The summed E-state index contributed by atoms with van der Waals surface area (Å²) < 4.78 is 5.82. The molecule has 0 amide bonds. The first-order chi connectivity index (χ1) is 11.4. The zero-order valence-electron chi connectivity index (χ0n) is 13.2. The molecular formula is C20H22N2O. The van der Waals surface area contributed by atoms with Crippen LogP contribution >= 0.6 is 0 Å². The molecule has 0 bridgehead atoms. The maximum Gasteiger partial charge on any atom is 0.0975 e. The molecule has 4 rings (SSSR count). The van der Waals surface area contributed by atoms with Gasteiger partial charge in [-0.25, -0.2) is 0 Å². The van der Waals surface area contributed by atoms with Gasteiger partial charge in [0, 0.05) is 17.3 Å². The third kappa shape index (κ3) is 3.16. The van der Waals surface area contributed by atoms with E-state index in [0.29, 0.717) is 19.4 Å². The van der Waals surface area contributed by atoms with Crippen LogP contribution < -0.4 is 5.32 Å². The zero-order valence-corrected chi connectivity index (χ0v) is 13.2. The van der Waals surface area contributed by atoms with Gasteiger partial charge in [0.05, 0.1) is 13.3 Å². The molecule has 1 aromatic heterocycles. The number of aromatic nitrogens is 1. The van der Waals surface area contributed by atoms with Crippen LogP contribution in [0.4, 0.5) is 0 Å². The summed E-state index contributed by atoms with van der Waals surface area (Å²) in [4.78, 5) is 3.40. The number of rotatable bonds is 5. The van der Waals surface area contributed by atoms with Gasteiger partial charge in [-0.2, -0.15) is 0 Å². The Morgan fingerprint density at radius 3 is 2.91 bits per heavy atom. The van der Waals surface area contributed by atoms with Gasteiger partial charge in [0.15, 0.2) is 0 Å². The van der Waals surface area contributed by atoms with Crippen molar-refractivity contribution in [2.75, 3.05) is 6.73 Å². The lowest BCUT2D eigenvalue weighted by Gasteiger charge is -2.26. The Kier molecular flexibility index (Phi) is 4.14. The van der Waals surface area contributed by atoms with E-state index in [2.05, 4.69) is 58.8 Å². The molecule has 3 nitrogen and oxygen atoms in total. The van der Waals surface area contributed by atoms with E-state index in [1.807, 2.05) is 6.07 Å². The van der Waals surface area contributed by atoms with Crippen LogP contribution in [-0.2, 0) is 17.8 Å². The average molecular weight is 306 g/mol. The van der Waals surface area contributed by atoms with E-state index in [1.165, 1.54) is 41.3 Å². The van der Waals surface area contributed by atoms with Crippen LogP contribution in [0.25, 0.3) is 10.9 Å². The van der Waals surface area contributed by atoms with Gasteiger partial charge in [0.2, 0.25) is 0 Å². The number of ether oxygens (including phenoxy) is 1. The van der Waals surface area contributed by atoms with Crippen molar-refractivity contribution < 1.29 is 4.74 Å². The highest BCUT2D eigenvalue weighted by molar-refractivity contribution is 5.80. The van der Waals surface area contributed by atoms with Crippen LogP contribution in [0.3, 0.4) is 0 Å². The molecule has 0 saturated carbocycles. The topological polar surface area (TPSA) is 37.0 Å². The van der Waals surface area contributed by atoms with Crippen molar-refractivity contribution in [3.63, 3.8) is 0 Å². The van der Waals surface area contributed by atoms with Crippen LogP contribution in [0, 0.1) is 0 Å². The van der Waals surface area contributed by atoms with Gasteiger partial charge in [0.25, 0.3) is 0 Å². The van der Waals surface area contributed by atoms with Crippen molar-refractivity contribution in [3.05, 3.63) is 71.4 Å². The molecule has 3 heteroatoms. The van der Waals surface area contributed by atoms with E-state index in [-0.39, 0.29) is 0 Å². The van der Waals surface area contributed by atoms with Crippen molar-refractivity contribution in [2.45, 2.75) is 31.9 Å². The third-order valence-electron chi connectivity index (χ3n) is 4.64. The second-order valence-corrected chi connectivity index (χ2v) is 6.22. The first-order valence-corrected chi connectivity index (χ1v) is 8.36. The standard InChI is InChI=1S/C20H22N2O/c1-3-9-18-15(6-1)8-5-11-20(18)21-14-23-13-17-12-16-7-2-4-10-19(16)22-17/h1-4,6-7,9-10,12,20-22H,5,8,11,13-14H2. The molecule has 1 aliphatic carbocycles. The zero-order chi connectivity index (χ0) is 15.5. The molecule has 2 aromatic carbocycles. The van der Waals surface area contributed by atoms with Crippen molar-refractivity contribution in [1.29, 1.82) is 0 Å². The van der Waals surface area contributed by atoms with Crippen LogP contribution in [0.1, 0.15) is 35.7 Å². The first kappa shape index (κ1) is 14.5. The minimum absolute atomic E-state index is 0.419. The van der Waals surface area contributed by atoms with Crippen LogP contribution in [-0.4, -0.2) is 11.7 Å². The molecule has 1 atom stereocenters. The predicted molar refractivity (Wildman–Crippen MR) is 93.2 cm³/mol. The number of fused-ring (bicyclic) bond motifs is 2. The Morgan fingerprint density at radius 1 is 1.09 bits per heavy atom. The Morgan fingerprint density at radius 2 is 1.96 bits per heavy atom. The molecular weight excluding hydrogens is 284 g/mol. The van der Waals surface area contributed by atoms with Crippen molar-refractivity contribution in [3.8, 4) is 0 Å². The number of benzene rings is 2. The maximum absolute atomic E-state index is 5.82. The Bertz CT molecular complexity index is 760. The fourth-order valence-electron chi connectivity index (χ4n) is 3.50. The average Bonchev–Trinajstić information content (AvgIpc) is 3.01. The number of para-hydroxylation sites is 1. The number of aryl methyl sites for hydroxylation is 1. The van der Waals surface area contributed by atoms with Crippen LogP contribution in [0.2, 0.25) is 0 Å². The van der Waals surface area contributed by atoms with E-state index in [9.17, 15) is 0 Å². The molecule has 3 aromatic rings. The molecule has 1 heterocycles. The molecule has 0 aliphatic heterocycles. The van der Waals surface area contributed by atoms with Gasteiger partial charge < -0.3 is 9.72 Å². The third-order valence-corrected chi connectivity index (χ3v) is 4.64. The largest absolute Gasteiger partial charge is 0.360 e. The smallest absolute Gasteiger partial charge is 0.0975 e. The molecule has 1 aliphatic rings. The molecule has 0 radical (unpaired) electrons. The number of hydrogen-bond donors (Lipinski definition) is 2. The van der Waals surface area contributed by atoms with Gasteiger partial charge in [-0.15, -0.1) is 0 Å². The molecule has 23 heavy (non-hydrogen) atoms. The maximum atomic E-state index is 5.82. The number of hydrogen-bond acceptors (Lipinski definition) is 2. The molecule has 118 valence electrons. The van der Waals surface area contributed by atoms with E-state index in [4.69, 9.17) is 4.74 Å². The highest BCUT2D eigenvalue weighted by Crippen LogP contribution is 2.29. The minimum atomic E-state index is 0.419. The van der Waals surface area contributed by atoms with Gasteiger partial charge >= 0.3 is 0 Å². The summed E-state index contributed by atoms with van der Waals surface area (Å²) in [5.74, 6) is 0. The predicted octanol–water partition coefficient (Wildman–Crippen LogP) is 4.31. The summed E-state index contributed by atoms with van der Waals surface area (Å²) in [6.07, 6.45) is 3.63. The lowest BCUT2D eigenvalue weighted by molar-refractivity contribution is 0.0915. The molecule has 0 saturated heterocycles. The number of nitrogens with one attached hydrogen (secondary N) is 2. The van der Waals surface area contributed by atoms with Gasteiger partial charge in [-0.1, -0.05) is 42.5 Å². The van der Waals surface area contributed by atoms with E-state index in [0.717, 1.165) is 5.69 Å². The summed E-state index contributed by atoms with van der Waals surface area (Å²) in [6.45, 7) is 1.18. The number of H-pyrrole nitrogens is 1. The van der Waals surface area contributed by atoms with Gasteiger partial charge in [0.1, 0.15) is 0 Å². The summed E-state index contributed by atoms with van der Waals surface area (Å²) in [5.41, 5.74) is 5.21. The van der Waals surface area contributed by atoms with Gasteiger partial charge in [-0.05, 0) is 47.9 Å². The summed E-state index contributed by atoms with van der Waals surface area (Å²) in [5, 5.41) is 4.78. The lowest BCUT2D eigenvalue weighted by Crippen LogP contribution is -2.27. The summed E-state index contributed by atoms with van der Waals surface area (Å²) in [7, 11) is 0. The molecule has 2 N–H and O–H groups in total. The normalized spacial score (nSPS) is 17.3. The highest BCUT2D eigenvalue weighted by atomic mass is 16.5. The van der Waals surface area contributed by atoms with E-state index < -0.39 is 0 Å². The Labute approximate surface area is 136 Å². The van der Waals surface area contributed by atoms with Crippen LogP contribution in [0.15, 0.2) is 54.6 Å². The second kappa shape index (κ2) is 6.57. The highest BCUT2D eigenvalue weighted by Gasteiger charge is 2.18. The van der Waals surface area contributed by atoms with E-state index >= 15 is 0 Å². The van der Waals surface area contributed by atoms with Crippen molar-refractivity contribution in [2.24, 2.45) is 0 Å². The molecule has 1 unspecified atom stereocenters. The first-order valence-electron chi connectivity index (χ1n) is 8.36. The van der Waals surface area contributed by atoms with Crippen molar-refractivity contribution >= 4 is 10.9 Å². The van der Waals surface area contributed by atoms with Crippen molar-refractivity contribution in [1.82, 2.24) is 10.3 Å². The second-order valence-electron chi connectivity index (χ2n) is 6.22. The summed E-state index contributed by atoms with van der Waals surface area (Å²) in [6, 6.07) is 19.6.